The van der Waals surface area contributed by atoms with Crippen LogP contribution in [0.5, 0.6) is 51.7 Å². The summed E-state index contributed by atoms with van der Waals surface area (Å²) in [5.74, 6) is 7.51. The molecule has 536 valence electrons. The van der Waals surface area contributed by atoms with E-state index in [0.29, 0.717) is 143 Å². The van der Waals surface area contributed by atoms with Crippen LogP contribution in [0.1, 0.15) is 104 Å². The zero-order valence-corrected chi connectivity index (χ0v) is 60.1. The third-order valence-corrected chi connectivity index (χ3v) is 17.7. The highest BCUT2D eigenvalue weighted by atomic mass is 35.5. The van der Waals surface area contributed by atoms with E-state index >= 15 is 0 Å². The predicted molar refractivity (Wildman–Crippen MR) is 384 cm³/mol. The van der Waals surface area contributed by atoms with Crippen molar-refractivity contribution in [3.63, 3.8) is 0 Å². The molecule has 13 heterocycles. The Hall–Kier alpha value is -10.6. The van der Waals surface area contributed by atoms with Gasteiger partial charge in [0.05, 0.1) is 65.2 Å². The summed E-state index contributed by atoms with van der Waals surface area (Å²) < 4.78 is 54.8. The van der Waals surface area contributed by atoms with Crippen LogP contribution < -0.4 is 55.8 Å². The number of nitrogens with one attached hydrogen (secondary N) is 3. The number of aryl methyl sites for hydroxylation is 3. The number of aromatic nitrogens is 16. The number of rotatable bonds is 17. The number of hydrogen-bond donors (Lipinski definition) is 5. The number of nitrogens with zero attached hydrogens (tertiary/aromatic N) is 16. The summed E-state index contributed by atoms with van der Waals surface area (Å²) in [6, 6.07) is 14.6. The molecule has 0 spiro atoms. The van der Waals surface area contributed by atoms with Crippen molar-refractivity contribution in [3.8, 4) is 51.7 Å². The number of hydrogen-bond acceptors (Lipinski definition) is 24. The summed E-state index contributed by atoms with van der Waals surface area (Å²) in [6.45, 7) is 16.0. The molecule has 2 aliphatic carbocycles. The van der Waals surface area contributed by atoms with Gasteiger partial charge in [-0.05, 0) is 79.9 Å². The molecule has 0 radical (unpaired) electrons. The Bertz CT molecular complexity index is 4860. The SMILES string of the molecule is CC(C)(C)c1cc(N)nn1[C@@H]1CCOC1.COc1c(Oc2ccnc(N)c2)cnc2nc(Cl)n(C)c12.COc1c(Oc2ccnc(NC(=O)C3CC3)c2)cnc2nc(Cl)n(C)c12.COc1c(Oc2ccnc(NC(=O)C3CC3)c2)cnc2nc(Nc3cc(C(C)(C)C)n([C@@H]4CCOC4)n3)n(C)c12. The fraction of sp³-hybridized carbons (Fsp3) is 0.406. The lowest BCUT2D eigenvalue weighted by molar-refractivity contribution is -0.118. The Morgan fingerprint density at radius 1 is 0.510 bits per heavy atom. The first-order chi connectivity index (χ1) is 48.8. The molecule has 11 aromatic heterocycles. The van der Waals surface area contributed by atoms with Crippen LogP contribution in [0.15, 0.2) is 85.7 Å². The summed E-state index contributed by atoms with van der Waals surface area (Å²) >= 11 is 12.1. The zero-order chi connectivity index (χ0) is 72.3. The van der Waals surface area contributed by atoms with Gasteiger partial charge in [-0.1, -0.05) is 41.5 Å². The second-order valence-corrected chi connectivity index (χ2v) is 27.5. The average Bonchev–Trinajstić information content (AvgIpc) is 1.60. The van der Waals surface area contributed by atoms with Crippen LogP contribution in [-0.2, 0) is 51.0 Å². The van der Waals surface area contributed by atoms with Crippen molar-refractivity contribution >= 4 is 104 Å². The van der Waals surface area contributed by atoms with E-state index in [0.717, 1.165) is 64.0 Å². The van der Waals surface area contributed by atoms with E-state index < -0.39 is 0 Å². The first-order valence-electron chi connectivity index (χ1n) is 33.0. The molecule has 0 bridgehead atoms. The molecule has 31 nitrogen and oxygen atoms in total. The number of halogens is 2. The monoisotopic (exact) mass is 1430 g/mol. The van der Waals surface area contributed by atoms with Crippen molar-refractivity contribution in [2.45, 2.75) is 103 Å². The number of methoxy groups -OCH3 is 3. The number of anilines is 6. The molecule has 0 unspecified atom stereocenters. The van der Waals surface area contributed by atoms with Crippen molar-refractivity contribution in [2.75, 3.05) is 75.2 Å². The number of fused-ring (bicyclic) bond motifs is 3. The van der Waals surface area contributed by atoms with E-state index in [1.807, 2.05) is 22.4 Å². The molecule has 2 atom stereocenters. The van der Waals surface area contributed by atoms with E-state index in [9.17, 15) is 9.59 Å². The molecule has 15 rings (SSSR count). The van der Waals surface area contributed by atoms with Gasteiger partial charge in [-0.25, -0.2) is 29.9 Å². The van der Waals surface area contributed by atoms with Gasteiger partial charge in [0, 0.05) is 117 Å². The molecule has 33 heteroatoms. The van der Waals surface area contributed by atoms with Crippen LogP contribution in [0.4, 0.5) is 35.0 Å². The van der Waals surface area contributed by atoms with Crippen LogP contribution in [-0.4, -0.2) is 138 Å². The number of ether oxygens (including phenoxy) is 8. The number of amides is 2. The van der Waals surface area contributed by atoms with Crippen molar-refractivity contribution in [2.24, 2.45) is 33.0 Å². The number of nitrogen functional groups attached to an aromatic ring is 2. The lowest BCUT2D eigenvalue weighted by atomic mass is 9.91. The Balaban J connectivity index is 0.000000137. The Morgan fingerprint density at radius 3 is 1.33 bits per heavy atom. The van der Waals surface area contributed by atoms with Gasteiger partial charge >= 0.3 is 0 Å². The molecule has 102 heavy (non-hydrogen) atoms. The third-order valence-electron chi connectivity index (χ3n) is 17.0. The minimum absolute atomic E-state index is 0.0140. The molecule has 2 saturated heterocycles. The number of pyridine rings is 6. The standard InChI is InChI=1S/C28H34N8O4.C17H16ClN5O3.C13H12ClN5O2.C11H19N3O/c1-28(2,3)20-13-22(34-36(20)17-9-11-39-15-17)32-27-33-25-23(35(27)4)24(38-5)19(14-30-25)40-18-8-10-29-21(12-18)31-26(37)16-6-7-16;1-23-13-14(25-2)11(8-20-15(13)22-17(23)18)26-10-5-6-19-12(7-10)21-16(24)9-3-4-9;1-19-10-11(20-2)8(6-17-12(10)18-13(19)14)21-7-3-4-16-9(15)5-7;1-11(2,3)9-6-10(12)13-14(9)8-4-5-15-7-8/h8,10,12-14,16-17H,6-7,9,11,15H2,1-5H3,(H,29,31,37)(H,30,32,33,34);5-9H,3-4H2,1-2H3,(H,19,21,24);3-6H,1-2H3,(H2,15,16);6,8H,4-5,7H2,1-3H3,(H2,12,13)/t17-;;;8-/m1..1/s1. The largest absolute Gasteiger partial charge is 0.491 e. The van der Waals surface area contributed by atoms with Crippen molar-refractivity contribution in [1.82, 2.24) is 78.1 Å². The number of nitrogens with two attached hydrogens (primary N) is 2. The van der Waals surface area contributed by atoms with Crippen molar-refractivity contribution in [1.29, 1.82) is 0 Å². The first-order valence-corrected chi connectivity index (χ1v) is 33.8. The maximum Gasteiger partial charge on any atom is 0.228 e. The predicted octanol–water partition coefficient (Wildman–Crippen LogP) is 12.0. The van der Waals surface area contributed by atoms with E-state index in [1.54, 1.807) is 98.6 Å². The molecular formula is C69H81Cl2N21O10. The molecular weight excluding hydrogens is 1350 g/mol. The first kappa shape index (κ1) is 71.2. The van der Waals surface area contributed by atoms with Crippen LogP contribution >= 0.6 is 23.2 Å². The third kappa shape index (κ3) is 16.1. The lowest BCUT2D eigenvalue weighted by Gasteiger charge is -2.22. The molecule has 11 aromatic rings. The zero-order valence-electron chi connectivity index (χ0n) is 58.6. The fourth-order valence-corrected chi connectivity index (χ4v) is 11.8. The molecule has 4 aliphatic rings. The second kappa shape index (κ2) is 29.9. The highest BCUT2D eigenvalue weighted by Gasteiger charge is 2.33. The second-order valence-electron chi connectivity index (χ2n) is 26.8. The minimum Gasteiger partial charge on any atom is -0.491 e. The maximum atomic E-state index is 12.1. The van der Waals surface area contributed by atoms with E-state index in [4.69, 9.17) is 82.6 Å². The average molecular weight is 1440 g/mol. The highest BCUT2D eigenvalue weighted by molar-refractivity contribution is 6.29. The van der Waals surface area contributed by atoms with Gasteiger partial charge in [-0.15, -0.1) is 0 Å². The Morgan fingerprint density at radius 2 is 0.922 bits per heavy atom. The van der Waals surface area contributed by atoms with E-state index in [-0.39, 0.29) is 40.5 Å². The van der Waals surface area contributed by atoms with E-state index in [1.165, 1.54) is 25.2 Å². The van der Waals surface area contributed by atoms with Gasteiger partial charge in [0.15, 0.2) is 57.3 Å². The highest BCUT2D eigenvalue weighted by Crippen LogP contribution is 2.43. The van der Waals surface area contributed by atoms with Crippen LogP contribution in [0.25, 0.3) is 33.5 Å². The summed E-state index contributed by atoms with van der Waals surface area (Å²) in [7, 11) is 10.1. The normalized spacial score (nSPS) is 15.7. The summed E-state index contributed by atoms with van der Waals surface area (Å²) in [4.78, 5) is 62.4. The van der Waals surface area contributed by atoms with Gasteiger partial charge in [-0.2, -0.15) is 25.1 Å². The number of carbonyl (C=O) groups excluding carboxylic acids is 2. The summed E-state index contributed by atoms with van der Waals surface area (Å²) in [5.41, 5.74) is 17.1. The number of carbonyl (C=O) groups is 2. The topological polar surface area (TPSA) is 363 Å². The van der Waals surface area contributed by atoms with Gasteiger partial charge < -0.3 is 79.0 Å². The molecule has 2 saturated carbocycles. The van der Waals surface area contributed by atoms with Gasteiger partial charge in [0.2, 0.25) is 28.3 Å². The van der Waals surface area contributed by atoms with Crippen molar-refractivity contribution in [3.05, 3.63) is 108 Å². The lowest BCUT2D eigenvalue weighted by Crippen LogP contribution is -2.22. The molecule has 4 fully saturated rings. The quantitative estimate of drug-likeness (QED) is 0.0565. The van der Waals surface area contributed by atoms with Crippen LogP contribution in [0.2, 0.25) is 10.6 Å². The molecule has 2 amide bonds. The van der Waals surface area contributed by atoms with Gasteiger partial charge in [0.25, 0.3) is 0 Å². The van der Waals surface area contributed by atoms with Gasteiger partial charge in [-0.3, -0.25) is 19.0 Å². The molecule has 7 N–H and O–H groups in total. The minimum atomic E-state index is -0.0909. The molecule has 0 aromatic carbocycles. The fourth-order valence-electron chi connectivity index (χ4n) is 11.4. The van der Waals surface area contributed by atoms with Crippen molar-refractivity contribution < 1.29 is 47.5 Å². The summed E-state index contributed by atoms with van der Waals surface area (Å²) in [5, 5.41) is 18.9. The number of imidazole rings is 3. The van der Waals surface area contributed by atoms with Crippen LogP contribution in [0.3, 0.4) is 0 Å². The van der Waals surface area contributed by atoms with Gasteiger partial charge in [0.1, 0.15) is 57.1 Å². The van der Waals surface area contributed by atoms with E-state index in [2.05, 4.69) is 113 Å². The van der Waals surface area contributed by atoms with Crippen LogP contribution in [0, 0.1) is 11.8 Å². The Labute approximate surface area is 596 Å². The maximum absolute atomic E-state index is 12.1. The summed E-state index contributed by atoms with van der Waals surface area (Å²) in [6.07, 6.45) is 15.0. The molecule has 2 aliphatic heterocycles. The smallest absolute Gasteiger partial charge is 0.228 e. The Kier molecular flexibility index (Phi) is 20.9.